The number of aliphatic carboxylic acids is 1. The minimum Gasteiger partial charge on any atom is -0.480 e. The Morgan fingerprint density at radius 2 is 2.05 bits per heavy atom. The van der Waals surface area contributed by atoms with Crippen molar-refractivity contribution in [3.8, 4) is 0 Å². The van der Waals surface area contributed by atoms with Crippen molar-refractivity contribution >= 4 is 22.6 Å². The largest absolute Gasteiger partial charge is 0.480 e. The van der Waals surface area contributed by atoms with E-state index in [0.717, 1.165) is 5.39 Å². The third-order valence-corrected chi connectivity index (χ3v) is 3.39. The lowest BCUT2D eigenvalue weighted by Crippen LogP contribution is -2.28. The molecule has 0 amide bonds. The number of aliphatic hydroxyl groups excluding tert-OH is 2. The first-order valence-electron chi connectivity index (χ1n) is 6.78. The number of nitrogens with zero attached hydrogens (tertiary/aromatic N) is 2. The normalized spacial score (nSPS) is 12.3. The molecule has 1 aromatic carbocycles. The molecule has 7 heteroatoms. The van der Waals surface area contributed by atoms with Gasteiger partial charge in [0.2, 0.25) is 0 Å². The zero-order chi connectivity index (χ0) is 16.3. The molecule has 0 aliphatic heterocycles. The zero-order valence-corrected chi connectivity index (χ0v) is 12.1. The van der Waals surface area contributed by atoms with E-state index < -0.39 is 18.7 Å². The molecule has 1 heterocycles. The van der Waals surface area contributed by atoms with Crippen LogP contribution in [0, 0.1) is 0 Å². The summed E-state index contributed by atoms with van der Waals surface area (Å²) < 4.78 is 1.39. The average molecular weight is 306 g/mol. The van der Waals surface area contributed by atoms with Crippen molar-refractivity contribution in [1.82, 2.24) is 4.57 Å². The average Bonchev–Trinajstić information content (AvgIpc) is 2.48. The summed E-state index contributed by atoms with van der Waals surface area (Å²) in [6, 6.07) is 8.23. The third kappa shape index (κ3) is 3.44. The van der Waals surface area contributed by atoms with Crippen molar-refractivity contribution < 1.29 is 20.1 Å². The van der Waals surface area contributed by atoms with Gasteiger partial charge in [0.1, 0.15) is 6.54 Å². The summed E-state index contributed by atoms with van der Waals surface area (Å²) in [6.45, 7) is -0.562. The number of pyridine rings is 1. The molecule has 2 rings (SSSR count). The fraction of sp³-hybridized carbons (Fsp3) is 0.333. The molecular weight excluding hydrogens is 288 g/mol. The second kappa shape index (κ2) is 6.59. The Balaban J connectivity index is 2.45. The predicted molar refractivity (Wildman–Crippen MR) is 82.2 cm³/mol. The molecule has 7 nitrogen and oxygen atoms in total. The molecular formula is C15H18N2O5. The highest BCUT2D eigenvalue weighted by atomic mass is 16.4. The number of hydrogen-bond acceptors (Lipinski definition) is 5. The monoisotopic (exact) mass is 306 g/mol. The smallest absolute Gasteiger partial charge is 0.323 e. The lowest BCUT2D eigenvalue weighted by molar-refractivity contribution is -0.135. The molecule has 22 heavy (non-hydrogen) atoms. The highest BCUT2D eigenvalue weighted by molar-refractivity contribution is 5.84. The van der Waals surface area contributed by atoms with E-state index in [1.807, 2.05) is 0 Å². The number of carbonyl (C=O) groups is 1. The number of hydrogen-bond donors (Lipinski definition) is 3. The molecule has 0 bridgehead atoms. The third-order valence-electron chi connectivity index (χ3n) is 3.39. The van der Waals surface area contributed by atoms with E-state index in [9.17, 15) is 14.7 Å². The first-order valence-corrected chi connectivity index (χ1v) is 6.78. The Kier molecular flexibility index (Phi) is 4.79. The number of aliphatic hydroxyl groups is 2. The number of rotatable bonds is 6. The molecule has 0 spiro atoms. The lowest BCUT2D eigenvalue weighted by atomic mass is 10.1. The van der Waals surface area contributed by atoms with Crippen LogP contribution in [0.25, 0.3) is 10.9 Å². The van der Waals surface area contributed by atoms with Gasteiger partial charge in [-0.05, 0) is 24.3 Å². The number of anilines is 1. The summed E-state index contributed by atoms with van der Waals surface area (Å²) >= 11 is 0. The standard InChI is InChI=1S/C15H18N2O5/c1-16(8-15(21)22)11-3-4-13-10(6-11)2-5-14(20)17(13)7-12(19)9-18/h2-6,12,18-19H,7-9H2,1H3,(H,21,22). The van der Waals surface area contributed by atoms with Crippen molar-refractivity contribution in [2.45, 2.75) is 12.6 Å². The number of carboxylic acid groups (broad SMARTS) is 1. The lowest BCUT2D eigenvalue weighted by Gasteiger charge is -2.18. The maximum atomic E-state index is 11.9. The predicted octanol–water partition coefficient (Wildman–Crippen LogP) is -0.124. The van der Waals surface area contributed by atoms with Gasteiger partial charge >= 0.3 is 5.97 Å². The first-order chi connectivity index (χ1) is 10.4. The van der Waals surface area contributed by atoms with Gasteiger partial charge < -0.3 is 24.8 Å². The Morgan fingerprint density at radius 3 is 2.68 bits per heavy atom. The molecule has 0 radical (unpaired) electrons. The first kappa shape index (κ1) is 16.0. The van der Waals surface area contributed by atoms with Crippen molar-refractivity contribution in [2.24, 2.45) is 0 Å². The van der Waals surface area contributed by atoms with E-state index in [4.69, 9.17) is 10.2 Å². The molecule has 3 N–H and O–H groups in total. The van der Waals surface area contributed by atoms with Crippen molar-refractivity contribution in [3.05, 3.63) is 40.7 Å². The number of aromatic nitrogens is 1. The Morgan fingerprint density at radius 1 is 1.32 bits per heavy atom. The van der Waals surface area contributed by atoms with Crippen LogP contribution in [0.5, 0.6) is 0 Å². The number of likely N-dealkylation sites (N-methyl/N-ethyl adjacent to an activating group) is 1. The van der Waals surface area contributed by atoms with Gasteiger partial charge in [-0.2, -0.15) is 0 Å². The zero-order valence-electron chi connectivity index (χ0n) is 12.1. The van der Waals surface area contributed by atoms with E-state index in [0.29, 0.717) is 11.2 Å². The van der Waals surface area contributed by atoms with Gasteiger partial charge in [-0.25, -0.2) is 0 Å². The minimum absolute atomic E-state index is 0.00299. The van der Waals surface area contributed by atoms with Crippen LogP contribution in [-0.4, -0.2) is 52.2 Å². The number of carboxylic acids is 1. The maximum Gasteiger partial charge on any atom is 0.323 e. The van der Waals surface area contributed by atoms with Crippen LogP contribution >= 0.6 is 0 Å². The van der Waals surface area contributed by atoms with Gasteiger partial charge in [-0.3, -0.25) is 9.59 Å². The fourth-order valence-electron chi connectivity index (χ4n) is 2.28. The Hall–Kier alpha value is -2.38. The molecule has 0 aliphatic carbocycles. The van der Waals surface area contributed by atoms with Crippen LogP contribution in [0.3, 0.4) is 0 Å². The van der Waals surface area contributed by atoms with Gasteiger partial charge in [0.15, 0.2) is 0 Å². The van der Waals surface area contributed by atoms with E-state index in [1.54, 1.807) is 36.2 Å². The summed E-state index contributed by atoms with van der Waals surface area (Å²) in [5.74, 6) is -0.932. The number of benzene rings is 1. The van der Waals surface area contributed by atoms with E-state index in [-0.39, 0.29) is 18.6 Å². The van der Waals surface area contributed by atoms with Crippen molar-refractivity contribution in [2.75, 3.05) is 25.1 Å². The minimum atomic E-state index is -1.02. The van der Waals surface area contributed by atoms with Crippen LogP contribution in [-0.2, 0) is 11.3 Å². The summed E-state index contributed by atoms with van der Waals surface area (Å²) in [6.07, 6.45) is -1.02. The quantitative estimate of drug-likeness (QED) is 0.687. The molecule has 1 aromatic heterocycles. The Bertz CT molecular complexity index is 740. The molecule has 2 aromatic rings. The molecule has 1 unspecified atom stereocenters. The summed E-state index contributed by atoms with van der Waals surface area (Å²) in [7, 11) is 1.67. The van der Waals surface area contributed by atoms with Gasteiger partial charge in [0.25, 0.3) is 5.56 Å². The van der Waals surface area contributed by atoms with Gasteiger partial charge in [-0.1, -0.05) is 0 Å². The van der Waals surface area contributed by atoms with Crippen LogP contribution in [0.1, 0.15) is 0 Å². The van der Waals surface area contributed by atoms with Crippen LogP contribution in [0.2, 0.25) is 0 Å². The second-order valence-electron chi connectivity index (χ2n) is 5.11. The van der Waals surface area contributed by atoms with Crippen LogP contribution < -0.4 is 10.5 Å². The van der Waals surface area contributed by atoms with Gasteiger partial charge in [0, 0.05) is 24.2 Å². The van der Waals surface area contributed by atoms with E-state index >= 15 is 0 Å². The Labute approximate surface area is 126 Å². The fourth-order valence-corrected chi connectivity index (χ4v) is 2.28. The molecule has 0 fully saturated rings. The van der Waals surface area contributed by atoms with Gasteiger partial charge in [0.05, 0.1) is 24.8 Å². The molecule has 1 atom stereocenters. The van der Waals surface area contributed by atoms with E-state index in [1.165, 1.54) is 10.6 Å². The van der Waals surface area contributed by atoms with Crippen LogP contribution in [0.15, 0.2) is 35.1 Å². The van der Waals surface area contributed by atoms with E-state index in [2.05, 4.69) is 0 Å². The van der Waals surface area contributed by atoms with Crippen molar-refractivity contribution in [1.29, 1.82) is 0 Å². The summed E-state index contributed by atoms with van der Waals surface area (Å²) in [5, 5.41) is 28.1. The summed E-state index contributed by atoms with van der Waals surface area (Å²) in [5.41, 5.74) is 1.06. The number of fused-ring (bicyclic) bond motifs is 1. The molecule has 118 valence electrons. The maximum absolute atomic E-state index is 11.9. The van der Waals surface area contributed by atoms with Crippen LogP contribution in [0.4, 0.5) is 5.69 Å². The van der Waals surface area contributed by atoms with Gasteiger partial charge in [-0.15, -0.1) is 0 Å². The highest BCUT2D eigenvalue weighted by Gasteiger charge is 2.11. The molecule has 0 aliphatic rings. The molecule has 0 saturated carbocycles. The summed E-state index contributed by atoms with van der Waals surface area (Å²) in [4.78, 5) is 24.3. The molecule has 0 saturated heterocycles. The topological polar surface area (TPSA) is 103 Å². The second-order valence-corrected chi connectivity index (χ2v) is 5.11. The SMILES string of the molecule is CN(CC(=O)O)c1ccc2c(ccc(=O)n2CC(O)CO)c1. The van der Waals surface area contributed by atoms with Crippen molar-refractivity contribution in [3.63, 3.8) is 0 Å². The highest BCUT2D eigenvalue weighted by Crippen LogP contribution is 2.20.